The van der Waals surface area contributed by atoms with E-state index in [1.807, 2.05) is 13.8 Å². The summed E-state index contributed by atoms with van der Waals surface area (Å²) < 4.78 is 0. The Morgan fingerprint density at radius 3 is 2.83 bits per heavy atom. The fourth-order valence-corrected chi connectivity index (χ4v) is 2.87. The van der Waals surface area contributed by atoms with Crippen LogP contribution in [0.5, 0.6) is 0 Å². The van der Waals surface area contributed by atoms with Crippen molar-refractivity contribution < 1.29 is 9.90 Å². The quantitative estimate of drug-likeness (QED) is 0.886. The first-order valence-electron chi connectivity index (χ1n) is 5.69. The highest BCUT2D eigenvalue weighted by molar-refractivity contribution is 7.18. The number of nitrogens with one attached hydrogen (secondary N) is 1. The first kappa shape index (κ1) is 12.8. The van der Waals surface area contributed by atoms with E-state index in [-0.39, 0.29) is 12.0 Å². The average molecular weight is 266 g/mol. The molecule has 96 valence electrons. The molecule has 0 bridgehead atoms. The van der Waals surface area contributed by atoms with E-state index in [1.54, 1.807) is 0 Å². The lowest BCUT2D eigenvalue weighted by atomic mass is 10.2. The molecule has 0 saturated carbocycles. The van der Waals surface area contributed by atoms with Gasteiger partial charge in [-0.05, 0) is 25.8 Å². The predicted octanol–water partition coefficient (Wildman–Crippen LogP) is 2.01. The molecule has 0 atom stereocenters. The Kier molecular flexibility index (Phi) is 3.47. The number of H-pyrrole nitrogens is 1. The molecule has 18 heavy (non-hydrogen) atoms. The van der Waals surface area contributed by atoms with Crippen LogP contribution in [0.4, 0.5) is 0 Å². The van der Waals surface area contributed by atoms with Crippen molar-refractivity contribution in [2.24, 2.45) is 0 Å². The summed E-state index contributed by atoms with van der Waals surface area (Å²) >= 11 is 1.50. The van der Waals surface area contributed by atoms with Crippen LogP contribution in [0.1, 0.15) is 29.1 Å². The minimum Gasteiger partial charge on any atom is -0.481 e. The lowest BCUT2D eigenvalue weighted by molar-refractivity contribution is -0.137. The van der Waals surface area contributed by atoms with E-state index in [9.17, 15) is 9.59 Å². The third kappa shape index (κ3) is 2.43. The van der Waals surface area contributed by atoms with Gasteiger partial charge in [0.2, 0.25) is 0 Å². The van der Waals surface area contributed by atoms with Gasteiger partial charge >= 0.3 is 5.97 Å². The van der Waals surface area contributed by atoms with Crippen molar-refractivity contribution in [3.8, 4) is 0 Å². The molecule has 0 amide bonds. The summed E-state index contributed by atoms with van der Waals surface area (Å²) in [5.41, 5.74) is 0.841. The molecule has 0 fully saturated rings. The molecule has 0 saturated heterocycles. The van der Waals surface area contributed by atoms with Gasteiger partial charge in [0.1, 0.15) is 10.7 Å². The first-order valence-corrected chi connectivity index (χ1v) is 6.51. The van der Waals surface area contributed by atoms with E-state index in [4.69, 9.17) is 5.11 Å². The molecule has 2 heterocycles. The maximum Gasteiger partial charge on any atom is 0.303 e. The van der Waals surface area contributed by atoms with Gasteiger partial charge in [-0.3, -0.25) is 9.59 Å². The van der Waals surface area contributed by atoms with Gasteiger partial charge in [-0.25, -0.2) is 4.98 Å². The number of rotatable bonds is 4. The van der Waals surface area contributed by atoms with Crippen LogP contribution >= 0.6 is 11.3 Å². The summed E-state index contributed by atoms with van der Waals surface area (Å²) in [6.07, 6.45) is 1.05. The number of thiophene rings is 1. The van der Waals surface area contributed by atoms with Crippen LogP contribution in [0, 0.1) is 13.8 Å². The lowest BCUT2D eigenvalue weighted by Gasteiger charge is -1.99. The second-order valence-electron chi connectivity index (χ2n) is 4.22. The monoisotopic (exact) mass is 266 g/mol. The third-order valence-electron chi connectivity index (χ3n) is 2.89. The van der Waals surface area contributed by atoms with Crippen molar-refractivity contribution >= 4 is 27.5 Å². The molecular weight excluding hydrogens is 252 g/mol. The topological polar surface area (TPSA) is 83.0 Å². The van der Waals surface area contributed by atoms with Crippen molar-refractivity contribution in [2.75, 3.05) is 0 Å². The molecule has 6 heteroatoms. The molecule has 2 aromatic heterocycles. The number of aliphatic carboxylic acids is 1. The van der Waals surface area contributed by atoms with E-state index >= 15 is 0 Å². The smallest absolute Gasteiger partial charge is 0.303 e. The Labute approximate surface area is 107 Å². The van der Waals surface area contributed by atoms with Crippen molar-refractivity contribution in [3.05, 3.63) is 26.6 Å². The van der Waals surface area contributed by atoms with Gasteiger partial charge in [0.15, 0.2) is 0 Å². The number of nitrogens with zero attached hydrogens (tertiary/aromatic N) is 1. The number of aromatic amines is 1. The van der Waals surface area contributed by atoms with Gasteiger partial charge in [-0.2, -0.15) is 0 Å². The fourth-order valence-electron chi connectivity index (χ4n) is 1.82. The highest BCUT2D eigenvalue weighted by atomic mass is 32.1. The maximum atomic E-state index is 11.9. The predicted molar refractivity (Wildman–Crippen MR) is 70.3 cm³/mol. The van der Waals surface area contributed by atoms with Crippen LogP contribution in [-0.2, 0) is 11.2 Å². The second-order valence-corrected chi connectivity index (χ2v) is 5.43. The Hall–Kier alpha value is -1.69. The Morgan fingerprint density at radius 2 is 2.17 bits per heavy atom. The van der Waals surface area contributed by atoms with Crippen molar-refractivity contribution in [1.29, 1.82) is 0 Å². The van der Waals surface area contributed by atoms with E-state index in [0.717, 1.165) is 15.3 Å². The molecule has 0 aromatic carbocycles. The van der Waals surface area contributed by atoms with Crippen LogP contribution in [0.25, 0.3) is 10.2 Å². The molecule has 0 aliphatic heterocycles. The number of aromatic nitrogens is 2. The number of aryl methyl sites for hydroxylation is 3. The van der Waals surface area contributed by atoms with Gasteiger partial charge in [0.25, 0.3) is 5.56 Å². The highest BCUT2D eigenvalue weighted by Gasteiger charge is 2.11. The number of carbonyl (C=O) groups is 1. The standard InChI is InChI=1S/C12H14N2O3S/c1-6-7(2)18-12-10(6)11(17)13-8(14-12)4-3-5-9(15)16/h3-5H2,1-2H3,(H,15,16)(H,13,14,17). The van der Waals surface area contributed by atoms with Crippen molar-refractivity contribution in [3.63, 3.8) is 0 Å². The summed E-state index contributed by atoms with van der Waals surface area (Å²) in [6, 6.07) is 0. The van der Waals surface area contributed by atoms with Crippen molar-refractivity contribution in [2.45, 2.75) is 33.1 Å². The number of carboxylic acids is 1. The average Bonchev–Trinajstić information content (AvgIpc) is 2.54. The first-order chi connectivity index (χ1) is 8.49. The Balaban J connectivity index is 2.32. The van der Waals surface area contributed by atoms with Gasteiger partial charge in [-0.15, -0.1) is 11.3 Å². The normalized spacial score (nSPS) is 11.0. The van der Waals surface area contributed by atoms with Gasteiger partial charge in [-0.1, -0.05) is 0 Å². The van der Waals surface area contributed by atoms with Crippen LogP contribution in [0.2, 0.25) is 0 Å². The molecule has 2 rings (SSSR count). The molecule has 0 aliphatic rings. The van der Waals surface area contributed by atoms with E-state index in [0.29, 0.717) is 24.1 Å². The number of hydrogen-bond donors (Lipinski definition) is 2. The molecule has 2 aromatic rings. The zero-order valence-corrected chi connectivity index (χ0v) is 11.1. The van der Waals surface area contributed by atoms with Gasteiger partial charge in [0.05, 0.1) is 5.39 Å². The number of fused-ring (bicyclic) bond motifs is 1. The summed E-state index contributed by atoms with van der Waals surface area (Å²) in [4.78, 5) is 31.3. The van der Waals surface area contributed by atoms with E-state index < -0.39 is 5.97 Å². The third-order valence-corrected chi connectivity index (χ3v) is 3.99. The minimum absolute atomic E-state index is 0.0875. The summed E-state index contributed by atoms with van der Waals surface area (Å²) in [6.45, 7) is 3.88. The number of carboxylic acid groups (broad SMARTS) is 1. The molecule has 0 aliphatic carbocycles. The second kappa shape index (κ2) is 4.89. The summed E-state index contributed by atoms with van der Waals surface area (Å²) in [5, 5.41) is 9.22. The Morgan fingerprint density at radius 1 is 1.44 bits per heavy atom. The van der Waals surface area contributed by atoms with Crippen molar-refractivity contribution in [1.82, 2.24) is 9.97 Å². The lowest BCUT2D eigenvalue weighted by Crippen LogP contribution is -2.11. The van der Waals surface area contributed by atoms with Gasteiger partial charge < -0.3 is 10.1 Å². The molecule has 0 unspecified atom stereocenters. The molecule has 2 N–H and O–H groups in total. The maximum absolute atomic E-state index is 11.9. The van der Waals surface area contributed by atoms with Crippen LogP contribution in [-0.4, -0.2) is 21.0 Å². The molecule has 0 spiro atoms. The highest BCUT2D eigenvalue weighted by Crippen LogP contribution is 2.25. The zero-order valence-electron chi connectivity index (χ0n) is 10.2. The summed E-state index contributed by atoms with van der Waals surface area (Å²) in [7, 11) is 0. The zero-order chi connectivity index (χ0) is 13.3. The minimum atomic E-state index is -0.832. The Bertz CT molecular complexity index is 657. The van der Waals surface area contributed by atoms with E-state index in [1.165, 1.54) is 11.3 Å². The molecule has 5 nitrogen and oxygen atoms in total. The fraction of sp³-hybridized carbons (Fsp3) is 0.417. The van der Waals surface area contributed by atoms with Gasteiger partial charge in [0, 0.05) is 17.7 Å². The largest absolute Gasteiger partial charge is 0.481 e. The van der Waals surface area contributed by atoms with Crippen LogP contribution in [0.15, 0.2) is 4.79 Å². The number of hydrogen-bond acceptors (Lipinski definition) is 4. The SMILES string of the molecule is Cc1sc2nc(CCCC(=O)O)[nH]c(=O)c2c1C. The van der Waals surface area contributed by atoms with E-state index in [2.05, 4.69) is 9.97 Å². The molecular formula is C12H14N2O3S. The van der Waals surface area contributed by atoms with Crippen LogP contribution in [0.3, 0.4) is 0 Å². The molecule has 0 radical (unpaired) electrons. The summed E-state index contributed by atoms with van der Waals surface area (Å²) in [5.74, 6) is -0.267. The van der Waals surface area contributed by atoms with Crippen LogP contribution < -0.4 is 5.56 Å².